The van der Waals surface area contributed by atoms with E-state index in [4.69, 9.17) is 15.0 Å². The molecule has 0 heterocycles. The topological polar surface area (TPSA) is 74.3 Å². The molecule has 0 saturated carbocycles. The average Bonchev–Trinajstić information content (AvgIpc) is 1.38. The van der Waals surface area contributed by atoms with E-state index in [1.54, 1.807) is 0 Å². The first-order valence-electron chi connectivity index (χ1n) is 0.748. The molecule has 0 aliphatic heterocycles. The number of nitrogens with zero attached hydrogens (tertiary/aromatic N) is 2. The summed E-state index contributed by atoms with van der Waals surface area (Å²) in [6, 6.07) is 0. The third kappa shape index (κ3) is 3.00. The van der Waals surface area contributed by atoms with Gasteiger partial charge in [0.1, 0.15) is 0 Å². The molecule has 0 aromatic heterocycles. The molecule has 0 aromatic rings. The summed E-state index contributed by atoms with van der Waals surface area (Å²) in [5.74, 6) is 0. The molecule has 0 unspecified atom stereocenters. The zero-order chi connectivity index (χ0) is 4.28. The first-order valence-corrected chi connectivity index (χ1v) is 0.748. The van der Waals surface area contributed by atoms with Crippen molar-refractivity contribution in [1.82, 2.24) is 5.29 Å². The molecule has 0 atom stereocenters. The monoisotopic (exact) mass is 76.0 g/mol. The van der Waals surface area contributed by atoms with Crippen LogP contribution < -0.4 is 5.29 Å². The van der Waals surface area contributed by atoms with Crippen molar-refractivity contribution < 1.29 is 5.03 Å². The first-order chi connectivity index (χ1) is 2.27. The fourth-order valence-electron chi connectivity index (χ4n) is 0. The Bertz CT molecular complexity index is 55.9. The van der Waals surface area contributed by atoms with E-state index in [0.29, 0.717) is 0 Å². The lowest BCUT2D eigenvalue weighted by atomic mass is 12.7. The Morgan fingerprint density at radius 3 is 2.00 bits per heavy atom. The van der Waals surface area contributed by atoms with Gasteiger partial charge in [-0.1, -0.05) is 0 Å². The minimum Gasteiger partial charge on any atom is -0.189 e. The highest BCUT2D eigenvalue weighted by Gasteiger charge is 2.07. The van der Waals surface area contributed by atoms with Gasteiger partial charge in [0.25, 0.3) is 0 Å². The van der Waals surface area contributed by atoms with Crippen LogP contribution in [0.25, 0.3) is 0 Å². The maximum absolute atomic E-state index is 8.69. The maximum Gasteiger partial charge on any atom is 0.739 e. The van der Waals surface area contributed by atoms with E-state index in [0.717, 1.165) is 0 Å². The van der Waals surface area contributed by atoms with Gasteiger partial charge in [-0.15, -0.1) is 0 Å². The van der Waals surface area contributed by atoms with Crippen molar-refractivity contribution in [3.05, 3.63) is 15.0 Å². The Morgan fingerprint density at radius 2 is 2.00 bits per heavy atom. The lowest BCUT2D eigenvalue weighted by molar-refractivity contribution is -0.521. The van der Waals surface area contributed by atoms with Gasteiger partial charge in [-0.05, 0) is 0 Å². The molecule has 5 heavy (non-hydrogen) atoms. The fraction of sp³-hybridized carbons (Fsp3) is 0. The summed E-state index contributed by atoms with van der Waals surface area (Å²) in [6.45, 7) is 0. The second-order valence-corrected chi connectivity index (χ2v) is 0.319. The minimum atomic E-state index is -1.31. The number of rotatable bonds is 1. The van der Waals surface area contributed by atoms with E-state index < -0.39 is 5.03 Å². The zero-order valence-corrected chi connectivity index (χ0v) is 2.12. The molecule has 0 saturated heterocycles. The van der Waals surface area contributed by atoms with Crippen LogP contribution in [-0.2, 0) is 0 Å². The molecule has 0 bridgehead atoms. The Morgan fingerprint density at radius 1 is 1.80 bits per heavy atom. The van der Waals surface area contributed by atoms with Crippen LogP contribution in [0.4, 0.5) is 0 Å². The van der Waals surface area contributed by atoms with Crippen LogP contribution in [-0.4, -0.2) is 5.03 Å². The van der Waals surface area contributed by atoms with Crippen LogP contribution in [0.5, 0.6) is 0 Å². The van der Waals surface area contributed by atoms with Gasteiger partial charge in [-0.2, -0.15) is 10.1 Å². The third-order valence-electron chi connectivity index (χ3n) is 0.0667. The second-order valence-electron chi connectivity index (χ2n) is 0.319. The van der Waals surface area contributed by atoms with Crippen molar-refractivity contribution in [2.24, 2.45) is 0 Å². The summed E-state index contributed by atoms with van der Waals surface area (Å²) >= 11 is 0. The Labute approximate surface area is 26.7 Å². The van der Waals surface area contributed by atoms with Gasteiger partial charge >= 0.3 is 10.3 Å². The molecule has 5 heteroatoms. The summed E-state index contributed by atoms with van der Waals surface area (Å²) in [6.07, 6.45) is 0. The van der Waals surface area contributed by atoms with Gasteiger partial charge in [-0.3, -0.25) is 0 Å². The molecule has 27 valence electrons. The average molecular weight is 76.0 g/mol. The molecule has 0 spiro atoms. The summed E-state index contributed by atoms with van der Waals surface area (Å²) in [7, 11) is 0. The lowest BCUT2D eigenvalue weighted by Gasteiger charge is -1.37. The fourth-order valence-corrected chi connectivity index (χ4v) is 0. The van der Waals surface area contributed by atoms with E-state index in [9.17, 15) is 0 Å². The van der Waals surface area contributed by atoms with Crippen LogP contribution >= 0.6 is 0 Å². The summed E-state index contributed by atoms with van der Waals surface area (Å²) in [4.78, 5) is 17.2. The molecule has 0 fully saturated rings. The summed E-state index contributed by atoms with van der Waals surface area (Å²) in [5.41, 5.74) is 0. The van der Waals surface area contributed by atoms with Crippen LogP contribution in [0, 0.1) is 15.0 Å². The van der Waals surface area contributed by atoms with E-state index in [1.807, 2.05) is 0 Å². The quantitative estimate of drug-likeness (QED) is 0.305. The molecule has 0 rings (SSSR count). The van der Waals surface area contributed by atoms with E-state index in [-0.39, 0.29) is 0 Å². The Balaban J connectivity index is 3.20. The highest BCUT2D eigenvalue weighted by atomic mass is 16.7. The van der Waals surface area contributed by atoms with Gasteiger partial charge in [0, 0.05) is 0 Å². The standard InChI is InChI=1S/N2O3/c3-1-2(4)5/q+1. The minimum absolute atomic E-state index is 1.31. The molecule has 5 nitrogen and oxygen atoms in total. The second kappa shape index (κ2) is 1.33. The predicted molar refractivity (Wildman–Crippen MR) is 12.5 cm³/mol. The van der Waals surface area contributed by atoms with Crippen molar-refractivity contribution in [2.75, 3.05) is 0 Å². The van der Waals surface area contributed by atoms with Crippen molar-refractivity contribution >= 4 is 0 Å². The number of nitroso groups, excluding NO2 is 1. The SMILES string of the molecule is O=[N+][N+](=O)[O-]. The molecule has 0 amide bonds. The summed E-state index contributed by atoms with van der Waals surface area (Å²) in [5, 5.41) is 8.75. The van der Waals surface area contributed by atoms with Gasteiger partial charge in [0.05, 0.1) is 0 Å². The highest BCUT2D eigenvalue weighted by molar-refractivity contribution is 3.94. The van der Waals surface area contributed by atoms with E-state index >= 15 is 0 Å². The predicted octanol–water partition coefficient (Wildman–Crippen LogP) is -0.720. The van der Waals surface area contributed by atoms with Crippen molar-refractivity contribution in [3.8, 4) is 0 Å². The Kier molecular flexibility index (Phi) is 1.07. The smallest absolute Gasteiger partial charge is 0.189 e. The van der Waals surface area contributed by atoms with Crippen LogP contribution in [0.15, 0.2) is 0 Å². The first kappa shape index (κ1) is 4.00. The van der Waals surface area contributed by atoms with Crippen molar-refractivity contribution in [2.45, 2.75) is 0 Å². The van der Waals surface area contributed by atoms with E-state index in [2.05, 4.69) is 0 Å². The number of hydrogen-bond donors (Lipinski definition) is 0. The van der Waals surface area contributed by atoms with Crippen LogP contribution in [0.3, 0.4) is 0 Å². The highest BCUT2D eigenvalue weighted by Crippen LogP contribution is 1.41. The lowest BCUT2D eigenvalue weighted by Crippen LogP contribution is -1.93. The van der Waals surface area contributed by atoms with E-state index in [1.165, 1.54) is 5.29 Å². The summed E-state index contributed by atoms with van der Waals surface area (Å²) < 4.78 is 0. The Hall–Kier alpha value is -1.00. The third-order valence-corrected chi connectivity index (χ3v) is 0.0667. The molecule has 0 N–H and O–H groups in total. The van der Waals surface area contributed by atoms with Gasteiger partial charge < -0.3 is 0 Å². The van der Waals surface area contributed by atoms with Crippen LogP contribution in [0.2, 0.25) is 0 Å². The van der Waals surface area contributed by atoms with Gasteiger partial charge in [0.2, 0.25) is 0 Å². The number of nitro groups is 1. The van der Waals surface area contributed by atoms with Crippen molar-refractivity contribution in [3.63, 3.8) is 0 Å². The van der Waals surface area contributed by atoms with Gasteiger partial charge in [-0.25, -0.2) is 0 Å². The van der Waals surface area contributed by atoms with Crippen LogP contribution in [0.1, 0.15) is 0 Å². The normalized spacial score (nSPS) is 6.40. The molecular weight excluding hydrogens is 76.0 g/mol. The maximum atomic E-state index is 8.69. The number of hydrogen-bond acceptors (Lipinski definition) is 3. The molecule has 0 aliphatic carbocycles. The molecule has 1 radical (unpaired) electrons. The van der Waals surface area contributed by atoms with Gasteiger partial charge in [0.15, 0.2) is 4.91 Å². The molecule has 0 aliphatic rings. The zero-order valence-electron chi connectivity index (χ0n) is 2.12. The largest absolute Gasteiger partial charge is 0.739 e. The molecule has 0 aromatic carbocycles. The van der Waals surface area contributed by atoms with Crippen molar-refractivity contribution in [1.29, 1.82) is 0 Å². The molecular formula is N2O3+.